The van der Waals surface area contributed by atoms with E-state index in [1.165, 1.54) is 89.9 Å². The van der Waals surface area contributed by atoms with E-state index in [2.05, 4.69) is 55.6 Å². The predicted octanol–water partition coefficient (Wildman–Crippen LogP) is 10.5. The number of unbranched alkanes of at least 4 members (excludes halogenated alkanes) is 18. The molecule has 2 unspecified atom stereocenters. The Morgan fingerprint density at radius 2 is 1.05 bits per heavy atom. The first kappa shape index (κ1) is 40.4. The third-order valence-electron chi connectivity index (χ3n) is 7.82. The van der Waals surface area contributed by atoms with Crippen molar-refractivity contribution in [3.8, 4) is 0 Å². The fourth-order valence-electron chi connectivity index (χ4n) is 5.07. The van der Waals surface area contributed by atoms with Crippen molar-refractivity contribution in [1.82, 2.24) is 5.32 Å². The van der Waals surface area contributed by atoms with Crippen LogP contribution in [-0.2, 0) is 4.79 Å². The van der Waals surface area contributed by atoms with Crippen LogP contribution in [0.5, 0.6) is 0 Å². The smallest absolute Gasteiger partial charge is 0.220 e. The SMILES string of the molecule is CC/C=C\C/C=C\C/C=C\CCCCCC(=O)NC(CO)C(O)/C=C/CCCCCCCCCCCCCCCCC. The van der Waals surface area contributed by atoms with Crippen LogP contribution in [0.15, 0.2) is 48.6 Å². The van der Waals surface area contributed by atoms with Crippen molar-refractivity contribution in [2.24, 2.45) is 0 Å². The maximum atomic E-state index is 12.3. The minimum atomic E-state index is -0.850. The van der Waals surface area contributed by atoms with Crippen LogP contribution >= 0.6 is 0 Å². The minimum absolute atomic E-state index is 0.0956. The molecule has 0 aliphatic rings. The van der Waals surface area contributed by atoms with Crippen LogP contribution in [0.4, 0.5) is 0 Å². The fourth-order valence-corrected chi connectivity index (χ4v) is 5.07. The summed E-state index contributed by atoms with van der Waals surface area (Å²) in [5.74, 6) is -0.0956. The van der Waals surface area contributed by atoms with Crippen molar-refractivity contribution in [3.05, 3.63) is 48.6 Å². The second-order valence-electron chi connectivity index (χ2n) is 11.9. The Balaban J connectivity index is 3.68. The highest BCUT2D eigenvalue weighted by atomic mass is 16.3. The molecule has 0 radical (unpaired) electrons. The molecule has 0 rings (SSSR count). The van der Waals surface area contributed by atoms with Gasteiger partial charge in [0.1, 0.15) is 0 Å². The Bertz CT molecular complexity index is 682. The van der Waals surface area contributed by atoms with E-state index in [4.69, 9.17) is 0 Å². The molecule has 4 nitrogen and oxygen atoms in total. The Kier molecular flexibility index (Phi) is 32.5. The van der Waals surface area contributed by atoms with Crippen molar-refractivity contribution in [1.29, 1.82) is 0 Å². The molecule has 2 atom stereocenters. The molecule has 0 aromatic rings. The molecule has 1 amide bonds. The maximum absolute atomic E-state index is 12.3. The lowest BCUT2D eigenvalue weighted by Crippen LogP contribution is -2.45. The van der Waals surface area contributed by atoms with E-state index < -0.39 is 12.1 Å². The summed E-state index contributed by atoms with van der Waals surface area (Å²) in [5, 5.41) is 22.8. The summed E-state index contributed by atoms with van der Waals surface area (Å²) in [5.41, 5.74) is 0. The molecule has 3 N–H and O–H groups in total. The summed E-state index contributed by atoms with van der Waals surface area (Å²) in [7, 11) is 0. The second kappa shape index (κ2) is 33.8. The third-order valence-corrected chi connectivity index (χ3v) is 7.82. The van der Waals surface area contributed by atoms with Crippen LogP contribution in [0.1, 0.15) is 168 Å². The molecule has 0 fully saturated rings. The zero-order chi connectivity index (χ0) is 30.8. The van der Waals surface area contributed by atoms with Gasteiger partial charge in [0.15, 0.2) is 0 Å². The van der Waals surface area contributed by atoms with Gasteiger partial charge in [-0.15, -0.1) is 0 Å². The number of rotatable bonds is 31. The van der Waals surface area contributed by atoms with Crippen molar-refractivity contribution in [2.45, 2.75) is 180 Å². The molecule has 0 aromatic heterocycles. The summed E-state index contributed by atoms with van der Waals surface area (Å²) in [6, 6.07) is -0.636. The molecule has 4 heteroatoms. The summed E-state index contributed by atoms with van der Waals surface area (Å²) < 4.78 is 0. The molecule has 0 aromatic carbocycles. The van der Waals surface area contributed by atoms with Crippen LogP contribution in [0.3, 0.4) is 0 Å². The Morgan fingerprint density at radius 1 is 0.595 bits per heavy atom. The van der Waals surface area contributed by atoms with Gasteiger partial charge in [0, 0.05) is 6.42 Å². The monoisotopic (exact) mass is 588 g/mol. The summed E-state index contributed by atoms with van der Waals surface area (Å²) >= 11 is 0. The molecule has 0 spiro atoms. The summed E-state index contributed by atoms with van der Waals surface area (Å²) in [6.45, 7) is 4.16. The molecule has 0 aliphatic heterocycles. The van der Waals surface area contributed by atoms with Gasteiger partial charge in [-0.1, -0.05) is 159 Å². The minimum Gasteiger partial charge on any atom is -0.394 e. The summed E-state index contributed by atoms with van der Waals surface area (Å²) in [4.78, 5) is 12.3. The first-order chi connectivity index (χ1) is 20.7. The zero-order valence-electron chi connectivity index (χ0n) is 27.8. The van der Waals surface area contributed by atoms with Crippen LogP contribution in [0.2, 0.25) is 0 Å². The molecule has 0 saturated carbocycles. The van der Waals surface area contributed by atoms with Crippen molar-refractivity contribution < 1.29 is 15.0 Å². The molecular formula is C38H69NO3. The molecule has 42 heavy (non-hydrogen) atoms. The van der Waals surface area contributed by atoms with E-state index in [9.17, 15) is 15.0 Å². The Hall–Kier alpha value is -1.65. The predicted molar refractivity (Wildman–Crippen MR) is 184 cm³/mol. The molecule has 0 aliphatic carbocycles. The van der Waals surface area contributed by atoms with Gasteiger partial charge in [-0.25, -0.2) is 0 Å². The van der Waals surface area contributed by atoms with E-state index >= 15 is 0 Å². The van der Waals surface area contributed by atoms with E-state index in [1.54, 1.807) is 6.08 Å². The Morgan fingerprint density at radius 3 is 1.57 bits per heavy atom. The first-order valence-electron chi connectivity index (χ1n) is 17.9. The quantitative estimate of drug-likeness (QED) is 0.0558. The Labute approximate surface area is 261 Å². The van der Waals surface area contributed by atoms with E-state index in [0.29, 0.717) is 6.42 Å². The standard InChI is InChI=1S/C38H69NO3/c1-3-5-7-9-11-13-15-17-18-19-20-22-23-25-27-29-31-33-37(41)36(35-40)39-38(42)34-32-30-28-26-24-21-16-14-12-10-8-6-4-2/h6,8,12,14,21,24,31,33,36-37,40-41H,3-5,7,9-11,13,15-20,22-23,25-30,32,34-35H2,1-2H3,(H,39,42)/b8-6-,14-12-,24-21-,33-31+. The van der Waals surface area contributed by atoms with Crippen LogP contribution < -0.4 is 5.32 Å². The van der Waals surface area contributed by atoms with Crippen LogP contribution in [-0.4, -0.2) is 34.9 Å². The number of amides is 1. The normalized spacial score (nSPS) is 13.7. The third kappa shape index (κ3) is 29.8. The van der Waals surface area contributed by atoms with Gasteiger partial charge in [-0.05, 0) is 51.4 Å². The lowest BCUT2D eigenvalue weighted by atomic mass is 10.0. The molecule has 0 bridgehead atoms. The van der Waals surface area contributed by atoms with Crippen LogP contribution in [0, 0.1) is 0 Å². The lowest BCUT2D eigenvalue weighted by molar-refractivity contribution is -0.123. The maximum Gasteiger partial charge on any atom is 0.220 e. The van der Waals surface area contributed by atoms with Gasteiger partial charge in [0.25, 0.3) is 0 Å². The number of aliphatic hydroxyl groups excluding tert-OH is 2. The molecular weight excluding hydrogens is 518 g/mol. The van der Waals surface area contributed by atoms with Crippen molar-refractivity contribution >= 4 is 5.91 Å². The number of aliphatic hydroxyl groups is 2. The van der Waals surface area contributed by atoms with Gasteiger partial charge in [-0.3, -0.25) is 4.79 Å². The highest BCUT2D eigenvalue weighted by Crippen LogP contribution is 2.14. The van der Waals surface area contributed by atoms with Gasteiger partial charge >= 0.3 is 0 Å². The highest BCUT2D eigenvalue weighted by molar-refractivity contribution is 5.76. The number of allylic oxidation sites excluding steroid dienone is 7. The average molecular weight is 588 g/mol. The first-order valence-corrected chi connectivity index (χ1v) is 17.9. The topological polar surface area (TPSA) is 69.6 Å². The second-order valence-corrected chi connectivity index (χ2v) is 11.9. The van der Waals surface area contributed by atoms with Gasteiger partial charge in [0.05, 0.1) is 18.8 Å². The number of carbonyl (C=O) groups excluding carboxylic acids is 1. The van der Waals surface area contributed by atoms with Gasteiger partial charge < -0.3 is 15.5 Å². The van der Waals surface area contributed by atoms with Crippen LogP contribution in [0.25, 0.3) is 0 Å². The van der Waals surface area contributed by atoms with Gasteiger partial charge in [-0.2, -0.15) is 0 Å². The molecule has 0 saturated heterocycles. The number of hydrogen-bond donors (Lipinski definition) is 3. The number of hydrogen-bond acceptors (Lipinski definition) is 3. The van der Waals surface area contributed by atoms with Gasteiger partial charge in [0.2, 0.25) is 5.91 Å². The van der Waals surface area contributed by atoms with E-state index in [-0.39, 0.29) is 12.5 Å². The number of nitrogens with one attached hydrogen (secondary N) is 1. The largest absolute Gasteiger partial charge is 0.394 e. The molecule has 0 heterocycles. The van der Waals surface area contributed by atoms with Crippen molar-refractivity contribution in [3.63, 3.8) is 0 Å². The summed E-state index contributed by atoms with van der Waals surface area (Å²) in [6.07, 6.45) is 44.8. The average Bonchev–Trinajstić information content (AvgIpc) is 2.99. The van der Waals surface area contributed by atoms with Crippen molar-refractivity contribution in [2.75, 3.05) is 6.61 Å². The highest BCUT2D eigenvalue weighted by Gasteiger charge is 2.17. The van der Waals surface area contributed by atoms with E-state index in [1.807, 2.05) is 6.08 Å². The lowest BCUT2D eigenvalue weighted by Gasteiger charge is -2.19. The van der Waals surface area contributed by atoms with E-state index in [0.717, 1.165) is 57.8 Å². The fraction of sp³-hybridized carbons (Fsp3) is 0.763. The molecule has 244 valence electrons. The number of carbonyl (C=O) groups is 1. The zero-order valence-corrected chi connectivity index (χ0v) is 27.8.